The third-order valence-corrected chi connectivity index (χ3v) is 4.60. The van der Waals surface area contributed by atoms with E-state index < -0.39 is 0 Å². The second-order valence-electron chi connectivity index (χ2n) is 6.16. The Morgan fingerprint density at radius 1 is 1.04 bits per heavy atom. The molecular formula is C16H26N6O2. The molecule has 8 heteroatoms. The summed E-state index contributed by atoms with van der Waals surface area (Å²) in [6.45, 7) is 6.82. The zero-order valence-electron chi connectivity index (χ0n) is 14.3. The Morgan fingerprint density at radius 3 is 2.21 bits per heavy atom. The Kier molecular flexibility index (Phi) is 5.22. The topological polar surface area (TPSA) is 87.8 Å². The van der Waals surface area contributed by atoms with Crippen molar-refractivity contribution in [3.05, 3.63) is 6.33 Å². The summed E-state index contributed by atoms with van der Waals surface area (Å²) in [4.78, 5) is 26.7. The van der Waals surface area contributed by atoms with Gasteiger partial charge in [0.25, 0.3) is 0 Å². The van der Waals surface area contributed by atoms with Crippen LogP contribution in [0.5, 0.6) is 0 Å². The highest BCUT2D eigenvalue weighted by atomic mass is 16.6. The standard InChI is InChI=1S/C16H26N6O2/c1-2-24-16(23)22-10-8-21(9-11-22)15-13(17)14(18-12-19-15)20-6-4-3-5-7-20/h12H,2-11,17H2,1H3. The number of hydrogen-bond acceptors (Lipinski definition) is 7. The first-order valence-corrected chi connectivity index (χ1v) is 8.72. The van der Waals surface area contributed by atoms with Gasteiger partial charge in [0.05, 0.1) is 6.61 Å². The highest BCUT2D eigenvalue weighted by molar-refractivity contribution is 5.76. The fourth-order valence-corrected chi connectivity index (χ4v) is 3.30. The molecule has 2 fully saturated rings. The number of rotatable bonds is 3. The van der Waals surface area contributed by atoms with Crippen LogP contribution in [0.1, 0.15) is 26.2 Å². The minimum absolute atomic E-state index is 0.248. The van der Waals surface area contributed by atoms with Crippen LogP contribution in [-0.2, 0) is 4.74 Å². The molecule has 0 atom stereocenters. The summed E-state index contributed by atoms with van der Waals surface area (Å²) in [6.07, 6.45) is 4.97. The van der Waals surface area contributed by atoms with E-state index in [1.54, 1.807) is 11.2 Å². The molecule has 8 nitrogen and oxygen atoms in total. The molecule has 0 unspecified atom stereocenters. The summed E-state index contributed by atoms with van der Waals surface area (Å²) in [5.74, 6) is 1.61. The van der Waals surface area contributed by atoms with Gasteiger partial charge < -0.3 is 25.2 Å². The lowest BCUT2D eigenvalue weighted by molar-refractivity contribution is 0.105. The number of nitrogen functional groups attached to an aromatic ring is 1. The molecule has 0 aromatic carbocycles. The molecule has 0 spiro atoms. The van der Waals surface area contributed by atoms with E-state index in [1.165, 1.54) is 19.3 Å². The number of nitrogens with two attached hydrogens (primary N) is 1. The number of aromatic nitrogens is 2. The van der Waals surface area contributed by atoms with Gasteiger partial charge in [0.15, 0.2) is 11.6 Å². The van der Waals surface area contributed by atoms with Crippen molar-refractivity contribution >= 4 is 23.4 Å². The number of ether oxygens (including phenoxy) is 1. The fraction of sp³-hybridized carbons (Fsp3) is 0.688. The van der Waals surface area contributed by atoms with Gasteiger partial charge in [-0.15, -0.1) is 0 Å². The van der Waals surface area contributed by atoms with Gasteiger partial charge in [0.1, 0.15) is 12.0 Å². The van der Waals surface area contributed by atoms with Gasteiger partial charge in [-0.2, -0.15) is 0 Å². The van der Waals surface area contributed by atoms with Crippen LogP contribution in [0, 0.1) is 0 Å². The molecule has 2 aliphatic rings. The molecular weight excluding hydrogens is 308 g/mol. The van der Waals surface area contributed by atoms with Gasteiger partial charge in [-0.05, 0) is 26.2 Å². The number of nitrogens with zero attached hydrogens (tertiary/aromatic N) is 5. The molecule has 2 aliphatic heterocycles. The van der Waals surface area contributed by atoms with E-state index in [9.17, 15) is 4.79 Å². The van der Waals surface area contributed by atoms with Crippen LogP contribution in [0.2, 0.25) is 0 Å². The van der Waals surface area contributed by atoms with Gasteiger partial charge in [0.2, 0.25) is 0 Å². The molecule has 1 amide bonds. The largest absolute Gasteiger partial charge is 0.450 e. The van der Waals surface area contributed by atoms with E-state index in [1.807, 2.05) is 6.92 Å². The molecule has 24 heavy (non-hydrogen) atoms. The summed E-state index contributed by atoms with van der Waals surface area (Å²) in [7, 11) is 0. The average Bonchev–Trinajstić information content (AvgIpc) is 2.63. The molecule has 3 rings (SSSR count). The van der Waals surface area contributed by atoms with Gasteiger partial charge in [-0.3, -0.25) is 0 Å². The van der Waals surface area contributed by atoms with Crippen LogP contribution in [-0.4, -0.2) is 66.8 Å². The van der Waals surface area contributed by atoms with E-state index in [0.29, 0.717) is 38.5 Å². The van der Waals surface area contributed by atoms with Crippen LogP contribution in [0.25, 0.3) is 0 Å². The van der Waals surface area contributed by atoms with Crippen LogP contribution in [0.4, 0.5) is 22.1 Å². The maximum absolute atomic E-state index is 11.8. The van der Waals surface area contributed by atoms with Crippen molar-refractivity contribution in [3.63, 3.8) is 0 Å². The summed E-state index contributed by atoms with van der Waals surface area (Å²) < 4.78 is 5.06. The Hall–Kier alpha value is -2.25. The number of piperidine rings is 1. The Bertz CT molecular complexity index is 568. The van der Waals surface area contributed by atoms with E-state index >= 15 is 0 Å². The van der Waals surface area contributed by atoms with E-state index in [2.05, 4.69) is 19.8 Å². The molecule has 1 aromatic heterocycles. The minimum Gasteiger partial charge on any atom is -0.450 e. The monoisotopic (exact) mass is 334 g/mol. The maximum atomic E-state index is 11.8. The molecule has 2 saturated heterocycles. The number of carbonyl (C=O) groups is 1. The van der Waals surface area contributed by atoms with Crippen molar-refractivity contribution in [3.8, 4) is 0 Å². The van der Waals surface area contributed by atoms with Gasteiger partial charge in [0, 0.05) is 39.3 Å². The molecule has 0 bridgehead atoms. The van der Waals surface area contributed by atoms with Crippen molar-refractivity contribution < 1.29 is 9.53 Å². The molecule has 0 aliphatic carbocycles. The van der Waals surface area contributed by atoms with E-state index in [-0.39, 0.29) is 6.09 Å². The molecule has 0 radical (unpaired) electrons. The number of piperazine rings is 1. The average molecular weight is 334 g/mol. The highest BCUT2D eigenvalue weighted by Crippen LogP contribution is 2.31. The van der Waals surface area contributed by atoms with Gasteiger partial charge >= 0.3 is 6.09 Å². The van der Waals surface area contributed by atoms with Crippen molar-refractivity contribution in [2.24, 2.45) is 0 Å². The number of anilines is 3. The zero-order chi connectivity index (χ0) is 16.9. The summed E-state index contributed by atoms with van der Waals surface area (Å²) in [5.41, 5.74) is 7.02. The molecule has 132 valence electrons. The number of carbonyl (C=O) groups excluding carboxylic acids is 1. The summed E-state index contributed by atoms with van der Waals surface area (Å²) in [5, 5.41) is 0. The first kappa shape index (κ1) is 16.6. The fourth-order valence-electron chi connectivity index (χ4n) is 3.30. The van der Waals surface area contributed by atoms with Crippen molar-refractivity contribution in [1.29, 1.82) is 0 Å². The van der Waals surface area contributed by atoms with Crippen LogP contribution in [0.3, 0.4) is 0 Å². The second kappa shape index (κ2) is 7.55. The lowest BCUT2D eigenvalue weighted by Gasteiger charge is -2.36. The lowest BCUT2D eigenvalue weighted by atomic mass is 10.1. The van der Waals surface area contributed by atoms with Crippen LogP contribution in [0.15, 0.2) is 6.33 Å². The summed E-state index contributed by atoms with van der Waals surface area (Å²) in [6, 6.07) is 0. The Morgan fingerprint density at radius 2 is 1.62 bits per heavy atom. The number of hydrogen-bond donors (Lipinski definition) is 1. The van der Waals surface area contributed by atoms with Crippen molar-refractivity contribution in [2.75, 3.05) is 61.4 Å². The third kappa shape index (κ3) is 3.47. The van der Waals surface area contributed by atoms with Crippen molar-refractivity contribution in [1.82, 2.24) is 14.9 Å². The third-order valence-electron chi connectivity index (χ3n) is 4.60. The molecule has 0 saturated carbocycles. The zero-order valence-corrected chi connectivity index (χ0v) is 14.3. The highest BCUT2D eigenvalue weighted by Gasteiger charge is 2.26. The van der Waals surface area contributed by atoms with Crippen LogP contribution < -0.4 is 15.5 Å². The van der Waals surface area contributed by atoms with E-state index in [4.69, 9.17) is 10.5 Å². The quantitative estimate of drug-likeness (QED) is 0.892. The Balaban J connectivity index is 1.68. The predicted molar refractivity (Wildman–Crippen MR) is 93.3 cm³/mol. The second-order valence-corrected chi connectivity index (χ2v) is 6.16. The number of amides is 1. The minimum atomic E-state index is -0.248. The first-order valence-electron chi connectivity index (χ1n) is 8.72. The molecule has 3 heterocycles. The SMILES string of the molecule is CCOC(=O)N1CCN(c2ncnc(N3CCCCC3)c2N)CC1. The van der Waals surface area contributed by atoms with E-state index in [0.717, 1.165) is 24.7 Å². The smallest absolute Gasteiger partial charge is 0.409 e. The first-order chi connectivity index (χ1) is 11.7. The van der Waals surface area contributed by atoms with Crippen LogP contribution >= 0.6 is 0 Å². The molecule has 1 aromatic rings. The van der Waals surface area contributed by atoms with Gasteiger partial charge in [-0.1, -0.05) is 0 Å². The normalized spacial score (nSPS) is 18.6. The maximum Gasteiger partial charge on any atom is 0.409 e. The Labute approximate surface area is 142 Å². The predicted octanol–water partition coefficient (Wildman–Crippen LogP) is 1.33. The van der Waals surface area contributed by atoms with Crippen molar-refractivity contribution in [2.45, 2.75) is 26.2 Å². The molecule has 2 N–H and O–H groups in total. The van der Waals surface area contributed by atoms with Gasteiger partial charge in [-0.25, -0.2) is 14.8 Å². The lowest BCUT2D eigenvalue weighted by Crippen LogP contribution is -2.49. The summed E-state index contributed by atoms with van der Waals surface area (Å²) >= 11 is 0.